The van der Waals surface area contributed by atoms with Crippen molar-refractivity contribution in [3.8, 4) is 0 Å². The number of halogens is 1. The topological polar surface area (TPSA) is 58.1 Å². The summed E-state index contributed by atoms with van der Waals surface area (Å²) in [7, 11) is 0. The molecule has 0 aromatic carbocycles. The maximum atomic E-state index is 11.4. The largest absolute Gasteiger partial charge is 0.353 e. The van der Waals surface area contributed by atoms with Crippen LogP contribution in [0.15, 0.2) is 6.07 Å². The minimum absolute atomic E-state index is 0.202. The van der Waals surface area contributed by atoms with Gasteiger partial charge in [0.25, 0.3) is 0 Å². The standard InChI is InChI=1S/C14H19ClN4O/c1-9-6-12(15)18-13(16-9)8-19-5-4-11-10(7-19)2-3-14(20)17-11/h6,10-11H,2-5,7-8H2,1H3,(H,17,20). The Morgan fingerprint density at radius 2 is 2.30 bits per heavy atom. The van der Waals surface area contributed by atoms with Gasteiger partial charge >= 0.3 is 0 Å². The van der Waals surface area contributed by atoms with Gasteiger partial charge in [0.2, 0.25) is 5.91 Å². The highest BCUT2D eigenvalue weighted by molar-refractivity contribution is 6.29. The first-order valence-corrected chi connectivity index (χ1v) is 7.50. The molecular formula is C14H19ClN4O. The monoisotopic (exact) mass is 294 g/mol. The summed E-state index contributed by atoms with van der Waals surface area (Å²) >= 11 is 5.98. The van der Waals surface area contributed by atoms with E-state index in [1.165, 1.54) is 0 Å². The quantitative estimate of drug-likeness (QED) is 0.841. The Morgan fingerprint density at radius 3 is 3.10 bits per heavy atom. The Balaban J connectivity index is 1.63. The maximum absolute atomic E-state index is 11.4. The molecule has 6 heteroatoms. The fourth-order valence-corrected chi connectivity index (χ4v) is 3.44. The van der Waals surface area contributed by atoms with Gasteiger partial charge in [-0.05, 0) is 31.7 Å². The average molecular weight is 295 g/mol. The number of nitrogens with zero attached hydrogens (tertiary/aromatic N) is 3. The van der Waals surface area contributed by atoms with Crippen molar-refractivity contribution >= 4 is 17.5 Å². The lowest BCUT2D eigenvalue weighted by Crippen LogP contribution is -2.53. The van der Waals surface area contributed by atoms with E-state index in [1.807, 2.05) is 6.92 Å². The molecule has 0 bridgehead atoms. The molecule has 0 radical (unpaired) electrons. The summed E-state index contributed by atoms with van der Waals surface area (Å²) in [6, 6.07) is 2.13. The zero-order chi connectivity index (χ0) is 14.1. The van der Waals surface area contributed by atoms with Crippen LogP contribution in [0.25, 0.3) is 0 Å². The lowest BCUT2D eigenvalue weighted by Gasteiger charge is -2.41. The Labute approximate surface area is 123 Å². The van der Waals surface area contributed by atoms with E-state index in [1.54, 1.807) is 6.07 Å². The third-order valence-electron chi connectivity index (χ3n) is 4.14. The predicted molar refractivity (Wildman–Crippen MR) is 76.3 cm³/mol. The lowest BCUT2D eigenvalue weighted by molar-refractivity contribution is -0.125. The number of likely N-dealkylation sites (tertiary alicyclic amines) is 1. The van der Waals surface area contributed by atoms with Crippen molar-refractivity contribution < 1.29 is 4.79 Å². The van der Waals surface area contributed by atoms with Crippen LogP contribution in [0.5, 0.6) is 0 Å². The van der Waals surface area contributed by atoms with Gasteiger partial charge in [-0.2, -0.15) is 0 Å². The molecule has 2 aliphatic rings. The van der Waals surface area contributed by atoms with Gasteiger partial charge < -0.3 is 5.32 Å². The van der Waals surface area contributed by atoms with E-state index in [4.69, 9.17) is 11.6 Å². The van der Waals surface area contributed by atoms with E-state index in [-0.39, 0.29) is 5.91 Å². The second kappa shape index (κ2) is 5.66. The molecular weight excluding hydrogens is 276 g/mol. The Morgan fingerprint density at radius 1 is 1.45 bits per heavy atom. The van der Waals surface area contributed by atoms with Crippen molar-refractivity contribution in [1.82, 2.24) is 20.2 Å². The van der Waals surface area contributed by atoms with Crippen LogP contribution in [-0.2, 0) is 11.3 Å². The minimum Gasteiger partial charge on any atom is -0.353 e. The molecule has 2 unspecified atom stereocenters. The van der Waals surface area contributed by atoms with Gasteiger partial charge in [-0.1, -0.05) is 11.6 Å². The summed E-state index contributed by atoms with van der Waals surface area (Å²) in [6.45, 7) is 4.63. The van der Waals surface area contributed by atoms with Crippen LogP contribution in [0.2, 0.25) is 5.15 Å². The highest BCUT2D eigenvalue weighted by Crippen LogP contribution is 2.26. The van der Waals surface area contributed by atoms with Gasteiger partial charge in [0.15, 0.2) is 0 Å². The fourth-order valence-electron chi connectivity index (χ4n) is 3.19. The van der Waals surface area contributed by atoms with E-state index in [0.29, 0.717) is 23.5 Å². The predicted octanol–water partition coefficient (Wildman–Crippen LogP) is 1.54. The molecule has 5 nitrogen and oxygen atoms in total. The molecule has 2 fully saturated rings. The number of carbonyl (C=O) groups excluding carboxylic acids is 1. The molecule has 3 heterocycles. The molecule has 20 heavy (non-hydrogen) atoms. The first-order valence-electron chi connectivity index (χ1n) is 7.12. The van der Waals surface area contributed by atoms with Crippen molar-refractivity contribution in [2.45, 2.75) is 38.8 Å². The van der Waals surface area contributed by atoms with Gasteiger partial charge in [0.05, 0.1) is 6.54 Å². The smallest absolute Gasteiger partial charge is 0.220 e. The van der Waals surface area contributed by atoms with Crippen LogP contribution >= 0.6 is 11.6 Å². The lowest BCUT2D eigenvalue weighted by atomic mass is 9.85. The van der Waals surface area contributed by atoms with Crippen molar-refractivity contribution in [2.24, 2.45) is 5.92 Å². The number of aromatic nitrogens is 2. The molecule has 1 N–H and O–H groups in total. The summed E-state index contributed by atoms with van der Waals surface area (Å²) in [6.07, 6.45) is 2.65. The normalized spacial score (nSPS) is 27.0. The first-order chi connectivity index (χ1) is 9.60. The highest BCUT2D eigenvalue weighted by Gasteiger charge is 2.33. The molecule has 2 aliphatic heterocycles. The Kier molecular flexibility index (Phi) is 3.89. The van der Waals surface area contributed by atoms with Gasteiger partial charge in [-0.25, -0.2) is 9.97 Å². The second-order valence-electron chi connectivity index (χ2n) is 5.74. The molecule has 0 spiro atoms. The minimum atomic E-state index is 0.202. The molecule has 2 atom stereocenters. The molecule has 1 amide bonds. The zero-order valence-corrected chi connectivity index (χ0v) is 12.4. The molecule has 1 aromatic rings. The number of amides is 1. The molecule has 3 rings (SSSR count). The van der Waals surface area contributed by atoms with Crippen LogP contribution in [0.1, 0.15) is 30.8 Å². The van der Waals surface area contributed by atoms with Gasteiger partial charge in [0.1, 0.15) is 11.0 Å². The second-order valence-corrected chi connectivity index (χ2v) is 6.13. The van der Waals surface area contributed by atoms with E-state index < -0.39 is 0 Å². The van der Waals surface area contributed by atoms with Crippen molar-refractivity contribution in [2.75, 3.05) is 13.1 Å². The molecule has 0 aliphatic carbocycles. The van der Waals surface area contributed by atoms with Crippen LogP contribution in [-0.4, -0.2) is 39.9 Å². The summed E-state index contributed by atoms with van der Waals surface area (Å²) in [4.78, 5) is 22.5. The molecule has 108 valence electrons. The van der Waals surface area contributed by atoms with Crippen LogP contribution in [0, 0.1) is 12.8 Å². The third-order valence-corrected chi connectivity index (χ3v) is 4.33. The SMILES string of the molecule is Cc1cc(Cl)nc(CN2CCC3NC(=O)CCC3C2)n1. The molecule has 1 aromatic heterocycles. The number of aryl methyl sites for hydroxylation is 1. The van der Waals surface area contributed by atoms with Crippen molar-refractivity contribution in [1.29, 1.82) is 0 Å². The molecule has 0 saturated carbocycles. The summed E-state index contributed by atoms with van der Waals surface area (Å²) in [5.74, 6) is 1.54. The van der Waals surface area contributed by atoms with Gasteiger partial charge in [-0.15, -0.1) is 0 Å². The molecule has 2 saturated heterocycles. The number of hydrogen-bond acceptors (Lipinski definition) is 4. The maximum Gasteiger partial charge on any atom is 0.220 e. The van der Waals surface area contributed by atoms with Crippen LogP contribution < -0.4 is 5.32 Å². The summed E-state index contributed by atoms with van der Waals surface area (Å²) < 4.78 is 0. The van der Waals surface area contributed by atoms with Gasteiger partial charge in [-0.3, -0.25) is 9.69 Å². The first kappa shape index (κ1) is 13.8. The number of fused-ring (bicyclic) bond motifs is 1. The van der Waals surface area contributed by atoms with Crippen LogP contribution in [0.3, 0.4) is 0 Å². The van der Waals surface area contributed by atoms with E-state index >= 15 is 0 Å². The van der Waals surface area contributed by atoms with Crippen LogP contribution in [0.4, 0.5) is 0 Å². The number of nitrogens with one attached hydrogen (secondary N) is 1. The average Bonchev–Trinajstić information content (AvgIpc) is 2.38. The number of carbonyl (C=O) groups is 1. The summed E-state index contributed by atoms with van der Waals surface area (Å²) in [5.41, 5.74) is 0.903. The number of piperidine rings is 2. The Bertz CT molecular complexity index is 502. The van der Waals surface area contributed by atoms with Gasteiger partial charge in [0, 0.05) is 31.2 Å². The zero-order valence-electron chi connectivity index (χ0n) is 11.6. The number of rotatable bonds is 2. The third kappa shape index (κ3) is 3.10. The fraction of sp³-hybridized carbons (Fsp3) is 0.643. The van der Waals surface area contributed by atoms with E-state index in [0.717, 1.165) is 44.0 Å². The van der Waals surface area contributed by atoms with E-state index in [9.17, 15) is 4.79 Å². The Hall–Kier alpha value is -1.20. The number of hydrogen-bond donors (Lipinski definition) is 1. The van der Waals surface area contributed by atoms with Crippen molar-refractivity contribution in [3.05, 3.63) is 22.7 Å². The van der Waals surface area contributed by atoms with E-state index in [2.05, 4.69) is 20.2 Å². The summed E-state index contributed by atoms with van der Waals surface area (Å²) in [5, 5.41) is 3.61. The van der Waals surface area contributed by atoms with Crippen molar-refractivity contribution in [3.63, 3.8) is 0 Å². The highest BCUT2D eigenvalue weighted by atomic mass is 35.5.